The molecule has 1 atom stereocenters. The lowest BCUT2D eigenvalue weighted by atomic mass is 9.91. The first kappa shape index (κ1) is 14.6. The zero-order valence-corrected chi connectivity index (χ0v) is 12.0. The predicted octanol–water partition coefficient (Wildman–Crippen LogP) is 1.98. The maximum Gasteiger partial charge on any atom is 0.216 e. The summed E-state index contributed by atoms with van der Waals surface area (Å²) in [4.78, 5) is 3.70. The topological polar surface area (TPSA) is 45.2 Å². The van der Waals surface area contributed by atoms with E-state index in [2.05, 4.69) is 9.71 Å². The molecule has 4 nitrogen and oxygen atoms in total. The number of piperidine rings is 1. The van der Waals surface area contributed by atoms with Crippen LogP contribution >= 0.6 is 0 Å². The van der Waals surface area contributed by atoms with E-state index in [4.69, 9.17) is 0 Å². The summed E-state index contributed by atoms with van der Waals surface area (Å²) in [7, 11) is 0. The Balaban J connectivity index is 1.89. The summed E-state index contributed by atoms with van der Waals surface area (Å²) in [5, 5.41) is 0. The fraction of sp³-hybridized carbons (Fsp3) is 0.615. The Morgan fingerprint density at radius 2 is 2.26 bits per heavy atom. The average molecular weight is 285 g/mol. The molecule has 0 aromatic carbocycles. The summed E-state index contributed by atoms with van der Waals surface area (Å²) in [5.74, 6) is -0.181. The van der Waals surface area contributed by atoms with Crippen molar-refractivity contribution in [1.82, 2.24) is 14.0 Å². The van der Waals surface area contributed by atoms with Gasteiger partial charge in [0, 0.05) is 31.4 Å². The van der Waals surface area contributed by atoms with Crippen molar-refractivity contribution in [1.29, 1.82) is 0 Å². The van der Waals surface area contributed by atoms with Crippen molar-refractivity contribution in [2.45, 2.75) is 32.1 Å². The van der Waals surface area contributed by atoms with Crippen LogP contribution in [0.25, 0.3) is 0 Å². The Hall–Kier alpha value is -0.850. The molecule has 106 valence electrons. The highest BCUT2D eigenvalue weighted by Gasteiger charge is 2.25. The van der Waals surface area contributed by atoms with E-state index in [0.29, 0.717) is 5.56 Å². The van der Waals surface area contributed by atoms with Gasteiger partial charge in [0.05, 0.1) is 0 Å². The molecule has 1 fully saturated rings. The predicted molar refractivity (Wildman–Crippen MR) is 74.2 cm³/mol. The van der Waals surface area contributed by atoms with Crippen LogP contribution in [0.4, 0.5) is 4.39 Å². The second-order valence-electron chi connectivity index (χ2n) is 4.73. The lowest BCUT2D eigenvalue weighted by Gasteiger charge is -2.30. The van der Waals surface area contributed by atoms with Crippen molar-refractivity contribution in [3.63, 3.8) is 0 Å². The van der Waals surface area contributed by atoms with Crippen molar-refractivity contribution in [2.75, 3.05) is 19.6 Å². The number of hydrogen-bond donors (Lipinski definition) is 1. The van der Waals surface area contributed by atoms with E-state index in [1.807, 2.05) is 11.2 Å². The van der Waals surface area contributed by atoms with E-state index in [1.54, 1.807) is 12.1 Å². The maximum atomic E-state index is 13.6. The fourth-order valence-electron chi connectivity index (χ4n) is 2.32. The average Bonchev–Trinajstić information content (AvgIpc) is 2.45. The Bertz CT molecular complexity index is 436. The lowest BCUT2D eigenvalue weighted by molar-refractivity contribution is 0.325. The van der Waals surface area contributed by atoms with Crippen LogP contribution in [0.2, 0.25) is 0 Å². The normalized spacial score (nSPS) is 19.5. The van der Waals surface area contributed by atoms with E-state index in [-0.39, 0.29) is 11.9 Å². The van der Waals surface area contributed by atoms with E-state index in [1.165, 1.54) is 6.20 Å². The minimum atomic E-state index is -1.11. The number of nitrogens with zero attached hydrogens (tertiary/aromatic N) is 2. The molecule has 0 amide bonds. The molecular formula is C13H20FN3OS. The molecule has 1 aromatic heterocycles. The Kier molecular flexibility index (Phi) is 5.42. The summed E-state index contributed by atoms with van der Waals surface area (Å²) in [6.45, 7) is 4.25. The largest absolute Gasteiger partial charge is 0.228 e. The highest BCUT2D eigenvalue weighted by molar-refractivity contribution is 7.80. The van der Waals surface area contributed by atoms with Crippen LogP contribution in [-0.2, 0) is 11.2 Å². The molecule has 1 saturated heterocycles. The van der Waals surface area contributed by atoms with Crippen LogP contribution in [0.3, 0.4) is 0 Å². The number of pyridine rings is 1. The van der Waals surface area contributed by atoms with E-state index < -0.39 is 11.2 Å². The SMILES string of the molecule is CCCNS(=O)N1CCC(c2cccnc2F)CC1. The molecule has 6 heteroatoms. The molecule has 1 aromatic rings. The van der Waals surface area contributed by atoms with Crippen LogP contribution in [0.15, 0.2) is 18.3 Å². The van der Waals surface area contributed by atoms with Gasteiger partial charge in [-0.05, 0) is 31.2 Å². The molecule has 1 N–H and O–H groups in total. The minimum absolute atomic E-state index is 0.188. The van der Waals surface area contributed by atoms with Crippen LogP contribution < -0.4 is 4.72 Å². The number of aromatic nitrogens is 1. The lowest BCUT2D eigenvalue weighted by Crippen LogP contribution is -2.40. The quantitative estimate of drug-likeness (QED) is 0.841. The highest BCUT2D eigenvalue weighted by atomic mass is 32.2. The Morgan fingerprint density at radius 3 is 2.89 bits per heavy atom. The van der Waals surface area contributed by atoms with Crippen molar-refractivity contribution in [3.8, 4) is 0 Å². The first-order chi connectivity index (χ1) is 9.22. The van der Waals surface area contributed by atoms with E-state index in [0.717, 1.165) is 38.9 Å². The first-order valence-electron chi connectivity index (χ1n) is 6.73. The van der Waals surface area contributed by atoms with Gasteiger partial charge in [-0.25, -0.2) is 18.2 Å². The van der Waals surface area contributed by atoms with Gasteiger partial charge in [-0.2, -0.15) is 4.39 Å². The van der Waals surface area contributed by atoms with Gasteiger partial charge in [0.2, 0.25) is 5.95 Å². The first-order valence-corrected chi connectivity index (χ1v) is 7.83. The third kappa shape index (κ3) is 3.81. The molecule has 1 unspecified atom stereocenters. The van der Waals surface area contributed by atoms with Crippen LogP contribution in [0.1, 0.15) is 37.7 Å². The van der Waals surface area contributed by atoms with Crippen LogP contribution in [0.5, 0.6) is 0 Å². The number of nitrogens with one attached hydrogen (secondary N) is 1. The second-order valence-corrected chi connectivity index (χ2v) is 6.03. The zero-order chi connectivity index (χ0) is 13.7. The summed E-state index contributed by atoms with van der Waals surface area (Å²) in [6, 6.07) is 3.57. The Labute approximate surface area is 116 Å². The molecular weight excluding hydrogens is 265 g/mol. The van der Waals surface area contributed by atoms with Crippen molar-refractivity contribution < 1.29 is 8.60 Å². The number of rotatable bonds is 5. The van der Waals surface area contributed by atoms with Crippen LogP contribution in [-0.4, -0.2) is 33.1 Å². The van der Waals surface area contributed by atoms with Gasteiger partial charge in [-0.1, -0.05) is 13.0 Å². The smallest absolute Gasteiger partial charge is 0.216 e. The molecule has 2 heterocycles. The standard InChI is InChI=1S/C13H20FN3OS/c1-2-7-16-19(18)17-9-5-11(6-10-17)12-4-3-8-15-13(12)14/h3-4,8,11,16H,2,5-7,9-10H2,1H3. The number of halogens is 1. The monoisotopic (exact) mass is 285 g/mol. The van der Waals surface area contributed by atoms with Crippen molar-refractivity contribution in [3.05, 3.63) is 29.8 Å². The summed E-state index contributed by atoms with van der Waals surface area (Å²) >= 11 is -1.11. The van der Waals surface area contributed by atoms with Gasteiger partial charge in [-0.15, -0.1) is 0 Å². The van der Waals surface area contributed by atoms with Gasteiger partial charge in [0.25, 0.3) is 0 Å². The van der Waals surface area contributed by atoms with Crippen LogP contribution in [0, 0.1) is 5.95 Å². The molecule has 19 heavy (non-hydrogen) atoms. The molecule has 0 aliphatic carbocycles. The maximum absolute atomic E-state index is 13.6. The van der Waals surface area contributed by atoms with Gasteiger partial charge in [-0.3, -0.25) is 0 Å². The van der Waals surface area contributed by atoms with Crippen molar-refractivity contribution in [2.24, 2.45) is 0 Å². The zero-order valence-electron chi connectivity index (χ0n) is 11.1. The van der Waals surface area contributed by atoms with Gasteiger partial charge in [0.1, 0.15) is 0 Å². The van der Waals surface area contributed by atoms with Crippen molar-refractivity contribution >= 4 is 11.2 Å². The van der Waals surface area contributed by atoms with E-state index >= 15 is 0 Å². The summed E-state index contributed by atoms with van der Waals surface area (Å²) < 4.78 is 30.4. The van der Waals surface area contributed by atoms with Gasteiger partial charge >= 0.3 is 0 Å². The Morgan fingerprint density at radius 1 is 1.53 bits per heavy atom. The fourth-order valence-corrected chi connectivity index (χ4v) is 3.42. The number of hydrogen-bond acceptors (Lipinski definition) is 2. The molecule has 0 spiro atoms. The van der Waals surface area contributed by atoms with E-state index in [9.17, 15) is 8.60 Å². The van der Waals surface area contributed by atoms with Gasteiger partial charge < -0.3 is 0 Å². The molecule has 1 aliphatic rings. The summed E-state index contributed by atoms with van der Waals surface area (Å²) in [6.07, 6.45) is 4.07. The molecule has 1 aliphatic heterocycles. The highest BCUT2D eigenvalue weighted by Crippen LogP contribution is 2.29. The van der Waals surface area contributed by atoms with Gasteiger partial charge in [0.15, 0.2) is 11.2 Å². The molecule has 0 radical (unpaired) electrons. The third-order valence-electron chi connectivity index (χ3n) is 3.39. The molecule has 0 bridgehead atoms. The summed E-state index contributed by atoms with van der Waals surface area (Å²) in [5.41, 5.74) is 0.689. The third-order valence-corrected chi connectivity index (χ3v) is 4.68. The molecule has 2 rings (SSSR count). The minimum Gasteiger partial charge on any atom is -0.228 e. The second kappa shape index (κ2) is 7.07. The molecule has 0 saturated carbocycles.